The average molecular weight is 313 g/mol. The van der Waals surface area contributed by atoms with E-state index in [4.69, 9.17) is 9.88 Å². The monoisotopic (exact) mass is 313 g/mol. The highest BCUT2D eigenvalue weighted by Gasteiger charge is 2.13. The molecular weight excluding hydrogens is 290 g/mol. The van der Waals surface area contributed by atoms with Gasteiger partial charge in [0.1, 0.15) is 0 Å². The number of unbranched alkanes of at least 4 members (excludes halogenated alkanes) is 1. The van der Waals surface area contributed by atoms with Gasteiger partial charge in [-0.15, -0.1) is 0 Å². The lowest BCUT2D eigenvalue weighted by Gasteiger charge is -2.14. The molecule has 0 spiro atoms. The minimum atomic E-state index is -3.74. The number of hydrogen-bond acceptors (Lipinski definition) is 4. The van der Waals surface area contributed by atoms with Crippen LogP contribution < -0.4 is 5.14 Å². The molecule has 0 aliphatic carbocycles. The zero-order valence-corrected chi connectivity index (χ0v) is 13.4. The molecule has 0 saturated carbocycles. The summed E-state index contributed by atoms with van der Waals surface area (Å²) in [4.78, 5) is 11.9. The molecular formula is C15H23NO4S. The second kappa shape index (κ2) is 8.14. The van der Waals surface area contributed by atoms with E-state index in [2.05, 4.69) is 13.8 Å². The summed E-state index contributed by atoms with van der Waals surface area (Å²) in [7, 11) is -3.74. The number of ether oxygens (including phenoxy) is 1. The lowest BCUT2D eigenvalue weighted by molar-refractivity contribution is 0.0428. The largest absolute Gasteiger partial charge is 0.462 e. The summed E-state index contributed by atoms with van der Waals surface area (Å²) in [5.74, 6) is -0.0662. The topological polar surface area (TPSA) is 86.5 Å². The molecule has 6 heteroatoms. The minimum absolute atomic E-state index is 0.0200. The molecule has 1 aromatic carbocycles. The third-order valence-electron chi connectivity index (χ3n) is 3.41. The van der Waals surface area contributed by atoms with Crippen molar-refractivity contribution >= 4 is 16.0 Å². The van der Waals surface area contributed by atoms with E-state index < -0.39 is 16.0 Å². The second-order valence-corrected chi connectivity index (χ2v) is 6.65. The van der Waals surface area contributed by atoms with Gasteiger partial charge in [0.25, 0.3) is 0 Å². The molecule has 0 bridgehead atoms. The number of carbonyl (C=O) groups excluding carboxylic acids is 1. The molecule has 118 valence electrons. The predicted octanol–water partition coefficient (Wildman–Crippen LogP) is 2.71. The molecule has 1 unspecified atom stereocenters. The van der Waals surface area contributed by atoms with Gasteiger partial charge in [0.15, 0.2) is 0 Å². The number of hydrogen-bond donors (Lipinski definition) is 1. The first kappa shape index (κ1) is 17.7. The van der Waals surface area contributed by atoms with Crippen LogP contribution in [0.5, 0.6) is 0 Å². The Morgan fingerprint density at radius 2 is 1.86 bits per heavy atom. The fraction of sp³-hybridized carbons (Fsp3) is 0.533. The highest BCUT2D eigenvalue weighted by Crippen LogP contribution is 2.15. The number of rotatable bonds is 8. The fourth-order valence-electron chi connectivity index (χ4n) is 1.96. The smallest absolute Gasteiger partial charge is 0.338 e. The molecule has 0 aromatic heterocycles. The van der Waals surface area contributed by atoms with E-state index in [0.717, 1.165) is 25.7 Å². The Hall–Kier alpha value is -1.40. The van der Waals surface area contributed by atoms with Gasteiger partial charge in [-0.3, -0.25) is 0 Å². The molecule has 0 fully saturated rings. The maximum atomic E-state index is 11.9. The Morgan fingerprint density at radius 3 is 2.33 bits per heavy atom. The van der Waals surface area contributed by atoms with Gasteiger partial charge in [-0.25, -0.2) is 18.4 Å². The molecule has 0 amide bonds. The second-order valence-electron chi connectivity index (χ2n) is 5.08. The number of primary sulfonamides is 1. The van der Waals surface area contributed by atoms with Crippen LogP contribution in [0.25, 0.3) is 0 Å². The van der Waals surface area contributed by atoms with Crippen molar-refractivity contribution in [2.24, 2.45) is 11.1 Å². The van der Waals surface area contributed by atoms with Gasteiger partial charge in [-0.1, -0.05) is 33.1 Å². The Bertz CT molecular complexity index is 552. The van der Waals surface area contributed by atoms with Gasteiger partial charge in [0.2, 0.25) is 10.0 Å². The zero-order chi connectivity index (χ0) is 15.9. The Labute approximate surface area is 126 Å². The number of nitrogens with two attached hydrogens (primary N) is 1. The normalized spacial score (nSPS) is 12.9. The van der Waals surface area contributed by atoms with Gasteiger partial charge >= 0.3 is 5.97 Å². The van der Waals surface area contributed by atoms with Crippen LogP contribution in [0.2, 0.25) is 0 Å². The molecule has 0 heterocycles. The van der Waals surface area contributed by atoms with Gasteiger partial charge in [0.05, 0.1) is 17.1 Å². The summed E-state index contributed by atoms with van der Waals surface area (Å²) in [5.41, 5.74) is 0.327. The van der Waals surface area contributed by atoms with Gasteiger partial charge in [0, 0.05) is 0 Å². The molecule has 5 nitrogen and oxygen atoms in total. The van der Waals surface area contributed by atoms with Gasteiger partial charge < -0.3 is 4.74 Å². The highest BCUT2D eigenvalue weighted by molar-refractivity contribution is 7.89. The van der Waals surface area contributed by atoms with Gasteiger partial charge in [-0.2, -0.15) is 0 Å². The maximum absolute atomic E-state index is 11.9. The van der Waals surface area contributed by atoms with Crippen LogP contribution in [0, 0.1) is 5.92 Å². The Balaban J connectivity index is 2.59. The van der Waals surface area contributed by atoms with Crippen molar-refractivity contribution in [3.63, 3.8) is 0 Å². The molecule has 0 saturated heterocycles. The van der Waals surface area contributed by atoms with Crippen LogP contribution in [0.3, 0.4) is 0 Å². The van der Waals surface area contributed by atoms with Crippen molar-refractivity contribution in [2.75, 3.05) is 6.61 Å². The first-order valence-electron chi connectivity index (χ1n) is 7.18. The Morgan fingerprint density at radius 1 is 1.24 bits per heavy atom. The first-order chi connectivity index (χ1) is 9.88. The molecule has 1 rings (SSSR count). The lowest BCUT2D eigenvalue weighted by atomic mass is 10.0. The molecule has 0 aliphatic heterocycles. The van der Waals surface area contributed by atoms with Gasteiger partial charge in [-0.05, 0) is 36.6 Å². The lowest BCUT2D eigenvalue weighted by Crippen LogP contribution is -2.15. The average Bonchev–Trinajstić information content (AvgIpc) is 2.46. The predicted molar refractivity (Wildman–Crippen MR) is 81.4 cm³/mol. The van der Waals surface area contributed by atoms with E-state index in [1.165, 1.54) is 24.3 Å². The first-order valence-corrected chi connectivity index (χ1v) is 8.73. The summed E-state index contributed by atoms with van der Waals surface area (Å²) in [6.07, 6.45) is 4.26. The quantitative estimate of drug-likeness (QED) is 0.748. The van der Waals surface area contributed by atoms with Crippen LogP contribution in [0.4, 0.5) is 0 Å². The summed E-state index contributed by atoms with van der Waals surface area (Å²) < 4.78 is 27.5. The van der Waals surface area contributed by atoms with Crippen LogP contribution in [-0.2, 0) is 14.8 Å². The van der Waals surface area contributed by atoms with Crippen molar-refractivity contribution in [1.82, 2.24) is 0 Å². The molecule has 1 atom stereocenters. The van der Waals surface area contributed by atoms with Crippen molar-refractivity contribution in [2.45, 2.75) is 44.4 Å². The number of benzene rings is 1. The fourth-order valence-corrected chi connectivity index (χ4v) is 2.47. The van der Waals surface area contributed by atoms with Crippen LogP contribution >= 0.6 is 0 Å². The minimum Gasteiger partial charge on any atom is -0.462 e. The van der Waals surface area contributed by atoms with Crippen LogP contribution in [-0.4, -0.2) is 21.0 Å². The standard InChI is InChI=1S/C15H23NO4S/c1-3-5-6-12(4-2)11-20-15(17)13-7-9-14(10-8-13)21(16,18)19/h7-10,12H,3-6,11H2,1-2H3,(H2,16,18,19). The summed E-state index contributed by atoms with van der Waals surface area (Å²) in [5, 5.41) is 5.00. The third-order valence-corrected chi connectivity index (χ3v) is 4.34. The SMILES string of the molecule is CCCCC(CC)COC(=O)c1ccc(S(N)(=O)=O)cc1. The van der Waals surface area contributed by atoms with E-state index in [1.807, 2.05) is 0 Å². The van der Waals surface area contributed by atoms with Crippen LogP contribution in [0.15, 0.2) is 29.2 Å². The molecule has 0 aliphatic rings. The third kappa shape index (κ3) is 5.85. The summed E-state index contributed by atoms with van der Waals surface area (Å²) in [6, 6.07) is 5.44. The number of sulfonamides is 1. The van der Waals surface area contributed by atoms with E-state index in [-0.39, 0.29) is 4.90 Å². The van der Waals surface area contributed by atoms with E-state index in [1.54, 1.807) is 0 Å². The highest BCUT2D eigenvalue weighted by atomic mass is 32.2. The summed E-state index contributed by atoms with van der Waals surface area (Å²) in [6.45, 7) is 4.60. The van der Waals surface area contributed by atoms with E-state index in [0.29, 0.717) is 18.1 Å². The zero-order valence-electron chi connectivity index (χ0n) is 12.5. The number of esters is 1. The van der Waals surface area contributed by atoms with Crippen molar-refractivity contribution in [3.8, 4) is 0 Å². The maximum Gasteiger partial charge on any atom is 0.338 e. The summed E-state index contributed by atoms with van der Waals surface area (Å²) >= 11 is 0. The molecule has 1 aromatic rings. The van der Waals surface area contributed by atoms with Crippen molar-refractivity contribution in [1.29, 1.82) is 0 Å². The molecule has 0 radical (unpaired) electrons. The molecule has 2 N–H and O–H groups in total. The van der Waals surface area contributed by atoms with E-state index >= 15 is 0 Å². The van der Waals surface area contributed by atoms with Crippen LogP contribution in [0.1, 0.15) is 49.9 Å². The molecule has 21 heavy (non-hydrogen) atoms. The Kier molecular flexibility index (Phi) is 6.84. The van der Waals surface area contributed by atoms with Crippen molar-refractivity contribution < 1.29 is 17.9 Å². The van der Waals surface area contributed by atoms with E-state index in [9.17, 15) is 13.2 Å². The number of carbonyl (C=O) groups is 1. The van der Waals surface area contributed by atoms with Crippen molar-refractivity contribution in [3.05, 3.63) is 29.8 Å².